The van der Waals surface area contributed by atoms with Crippen LogP contribution in [0, 0.1) is 5.82 Å². The van der Waals surface area contributed by atoms with E-state index in [0.29, 0.717) is 17.3 Å². The molecule has 7 nitrogen and oxygen atoms in total. The fraction of sp³-hybridized carbons (Fsp3) is 0.350. The Balaban J connectivity index is 1.68. The van der Waals surface area contributed by atoms with Crippen molar-refractivity contribution in [1.82, 2.24) is 9.88 Å². The van der Waals surface area contributed by atoms with E-state index in [1.807, 2.05) is 0 Å². The Morgan fingerprint density at radius 2 is 1.97 bits per heavy atom. The summed E-state index contributed by atoms with van der Waals surface area (Å²) in [6.45, 7) is -0.316. The zero-order valence-corrected chi connectivity index (χ0v) is 19.1. The van der Waals surface area contributed by atoms with E-state index >= 15 is 0 Å². The summed E-state index contributed by atoms with van der Waals surface area (Å²) in [4.78, 5) is 30.2. The van der Waals surface area contributed by atoms with Crippen LogP contribution in [0.15, 0.2) is 45.9 Å². The molecule has 1 saturated carbocycles. The van der Waals surface area contributed by atoms with Crippen LogP contribution in [-0.2, 0) is 24.8 Å². The summed E-state index contributed by atoms with van der Waals surface area (Å²) in [5.41, 5.74) is -1.33. The van der Waals surface area contributed by atoms with Gasteiger partial charge >= 0.3 is 5.97 Å². The Labute approximate surface area is 191 Å². The summed E-state index contributed by atoms with van der Waals surface area (Å²) in [6, 6.07) is 5.74. The fourth-order valence-corrected chi connectivity index (χ4v) is 6.58. The molecule has 1 saturated heterocycles. The van der Waals surface area contributed by atoms with E-state index in [0.717, 1.165) is 4.90 Å². The molecule has 0 radical (unpaired) electrons. The molecule has 11 heteroatoms. The van der Waals surface area contributed by atoms with Gasteiger partial charge in [-0.2, -0.15) is 0 Å². The first-order chi connectivity index (χ1) is 14.6. The first-order valence-corrected chi connectivity index (χ1v) is 12.1. The van der Waals surface area contributed by atoms with E-state index in [1.165, 1.54) is 30.5 Å². The number of rotatable bonds is 5. The summed E-state index contributed by atoms with van der Waals surface area (Å²) in [5.74, 6) is -2.61. The zero-order valence-electron chi connectivity index (χ0n) is 16.0. The number of likely N-dealkylation sites (tertiary alicyclic amines) is 1. The van der Waals surface area contributed by atoms with Crippen LogP contribution < -0.4 is 0 Å². The second-order valence-electron chi connectivity index (χ2n) is 7.71. The number of carboxylic acids is 1. The van der Waals surface area contributed by atoms with Crippen LogP contribution in [0.2, 0.25) is 5.02 Å². The number of aromatic nitrogens is 1. The van der Waals surface area contributed by atoms with Crippen molar-refractivity contribution in [2.45, 2.75) is 40.9 Å². The highest BCUT2D eigenvalue weighted by molar-refractivity contribution is 9.10. The minimum absolute atomic E-state index is 0.0268. The van der Waals surface area contributed by atoms with E-state index in [4.69, 9.17) is 11.6 Å². The minimum atomic E-state index is -3.99. The van der Waals surface area contributed by atoms with Gasteiger partial charge in [0.05, 0.1) is 26.3 Å². The highest BCUT2D eigenvalue weighted by Gasteiger charge is 2.59. The SMILES string of the molecule is O=C(O)[C@@H]1C[C@@H](S(=O)(=O)c2ccccc2Cl)CN1C(=O)C1(c2ncc(Br)cc2F)CC1. The molecule has 2 fully saturated rings. The molecule has 31 heavy (non-hydrogen) atoms. The monoisotopic (exact) mass is 530 g/mol. The van der Waals surface area contributed by atoms with Crippen molar-refractivity contribution in [3.8, 4) is 0 Å². The lowest BCUT2D eigenvalue weighted by atomic mass is 9.98. The molecule has 0 bridgehead atoms. The van der Waals surface area contributed by atoms with Gasteiger partial charge < -0.3 is 10.0 Å². The number of carbonyl (C=O) groups is 2. The number of halogens is 3. The van der Waals surface area contributed by atoms with Crippen LogP contribution in [0.1, 0.15) is 25.0 Å². The van der Waals surface area contributed by atoms with Crippen molar-refractivity contribution in [1.29, 1.82) is 0 Å². The van der Waals surface area contributed by atoms with Gasteiger partial charge in [0, 0.05) is 17.2 Å². The third-order valence-corrected chi connectivity index (χ3v) is 8.87. The average molecular weight is 532 g/mol. The molecule has 2 aromatic rings. The third-order valence-electron chi connectivity index (χ3n) is 5.81. The van der Waals surface area contributed by atoms with Gasteiger partial charge in [-0.05, 0) is 53.4 Å². The Kier molecular flexibility index (Phi) is 5.60. The summed E-state index contributed by atoms with van der Waals surface area (Å²) in [5, 5.41) is 8.56. The predicted octanol–water partition coefficient (Wildman–Crippen LogP) is 3.20. The largest absolute Gasteiger partial charge is 0.480 e. The Morgan fingerprint density at radius 3 is 2.55 bits per heavy atom. The van der Waals surface area contributed by atoms with Crippen LogP contribution in [0.25, 0.3) is 0 Å². The number of carboxylic acid groups (broad SMARTS) is 1. The molecule has 1 aliphatic heterocycles. The standard InChI is InChI=1S/C20H17BrClFN2O5S/c21-11-7-14(23)17(24-9-11)20(5-6-20)19(28)25-10-12(8-15(25)18(26)27)31(29,30)16-4-2-1-3-13(16)22/h1-4,7,9,12,15H,5-6,8,10H2,(H,26,27)/t12-,15+/m1/s1. The summed E-state index contributed by atoms with van der Waals surface area (Å²) in [7, 11) is -3.99. The molecule has 4 rings (SSSR count). The molecule has 2 heterocycles. The van der Waals surface area contributed by atoms with Gasteiger partial charge in [0.2, 0.25) is 5.91 Å². The molecule has 1 aliphatic carbocycles. The van der Waals surface area contributed by atoms with Crippen LogP contribution in [0.5, 0.6) is 0 Å². The van der Waals surface area contributed by atoms with Crippen LogP contribution in [0.3, 0.4) is 0 Å². The lowest BCUT2D eigenvalue weighted by Crippen LogP contribution is -2.46. The van der Waals surface area contributed by atoms with Crippen molar-refractivity contribution in [3.05, 3.63) is 57.5 Å². The van der Waals surface area contributed by atoms with E-state index in [-0.39, 0.29) is 28.6 Å². The van der Waals surface area contributed by atoms with E-state index in [1.54, 1.807) is 6.07 Å². The topological polar surface area (TPSA) is 105 Å². The minimum Gasteiger partial charge on any atom is -0.480 e. The highest BCUT2D eigenvalue weighted by atomic mass is 79.9. The fourth-order valence-electron chi connectivity index (χ4n) is 4.05. The molecule has 2 aliphatic rings. The number of hydrogen-bond acceptors (Lipinski definition) is 5. The maximum Gasteiger partial charge on any atom is 0.326 e. The number of benzene rings is 1. The van der Waals surface area contributed by atoms with E-state index in [9.17, 15) is 27.5 Å². The molecule has 1 N–H and O–H groups in total. The number of pyridine rings is 1. The molecular weight excluding hydrogens is 515 g/mol. The molecule has 1 aromatic carbocycles. The van der Waals surface area contributed by atoms with Crippen molar-refractivity contribution >= 4 is 49.2 Å². The number of nitrogens with zero attached hydrogens (tertiary/aromatic N) is 2. The first-order valence-electron chi connectivity index (χ1n) is 9.42. The number of amides is 1. The number of sulfone groups is 1. The quantitative estimate of drug-likeness (QED) is 0.635. The van der Waals surface area contributed by atoms with E-state index < -0.39 is 44.2 Å². The van der Waals surface area contributed by atoms with Gasteiger partial charge in [-0.25, -0.2) is 17.6 Å². The Hall–Kier alpha value is -2.04. The van der Waals surface area contributed by atoms with Crippen molar-refractivity contribution in [3.63, 3.8) is 0 Å². The normalized spacial score (nSPS) is 22.4. The Bertz CT molecular complexity index is 1190. The second-order valence-corrected chi connectivity index (χ2v) is 11.2. The molecule has 164 valence electrons. The highest BCUT2D eigenvalue weighted by Crippen LogP contribution is 2.51. The van der Waals surface area contributed by atoms with Gasteiger partial charge in [-0.1, -0.05) is 23.7 Å². The lowest BCUT2D eigenvalue weighted by molar-refractivity contribution is -0.149. The number of aliphatic carboxylic acids is 1. The van der Waals surface area contributed by atoms with Gasteiger partial charge in [-0.3, -0.25) is 9.78 Å². The van der Waals surface area contributed by atoms with E-state index in [2.05, 4.69) is 20.9 Å². The maximum absolute atomic E-state index is 14.5. The lowest BCUT2D eigenvalue weighted by Gasteiger charge is -2.26. The summed E-state index contributed by atoms with van der Waals surface area (Å²) in [6.07, 6.45) is 1.71. The molecule has 0 unspecified atom stereocenters. The summed E-state index contributed by atoms with van der Waals surface area (Å²) < 4.78 is 41.2. The smallest absolute Gasteiger partial charge is 0.326 e. The average Bonchev–Trinajstić information content (AvgIpc) is 3.37. The third kappa shape index (κ3) is 3.74. The van der Waals surface area contributed by atoms with Gasteiger partial charge in [0.1, 0.15) is 11.9 Å². The zero-order chi connectivity index (χ0) is 22.6. The molecule has 1 amide bonds. The maximum atomic E-state index is 14.5. The summed E-state index contributed by atoms with van der Waals surface area (Å²) >= 11 is 9.17. The molecular formula is C20H17BrClFN2O5S. The molecule has 2 atom stereocenters. The van der Waals surface area contributed by atoms with Crippen molar-refractivity contribution < 1.29 is 27.5 Å². The molecule has 0 spiro atoms. The van der Waals surface area contributed by atoms with Gasteiger partial charge in [0.15, 0.2) is 9.84 Å². The van der Waals surface area contributed by atoms with Crippen molar-refractivity contribution in [2.75, 3.05) is 6.54 Å². The van der Waals surface area contributed by atoms with Crippen molar-refractivity contribution in [2.24, 2.45) is 0 Å². The first kappa shape index (κ1) is 22.2. The van der Waals surface area contributed by atoms with Crippen LogP contribution >= 0.6 is 27.5 Å². The predicted molar refractivity (Wildman–Crippen MR) is 113 cm³/mol. The van der Waals surface area contributed by atoms with Crippen LogP contribution in [-0.4, -0.2) is 53.1 Å². The number of carbonyl (C=O) groups excluding carboxylic acids is 1. The van der Waals surface area contributed by atoms with Gasteiger partial charge in [-0.15, -0.1) is 0 Å². The van der Waals surface area contributed by atoms with Crippen LogP contribution in [0.4, 0.5) is 4.39 Å². The van der Waals surface area contributed by atoms with Gasteiger partial charge in [0.25, 0.3) is 0 Å². The Morgan fingerprint density at radius 1 is 1.29 bits per heavy atom. The second kappa shape index (κ2) is 7.83. The molecule has 1 aromatic heterocycles. The number of hydrogen-bond donors (Lipinski definition) is 1.